The summed E-state index contributed by atoms with van der Waals surface area (Å²) in [5.74, 6) is 0.0891. The molecule has 0 radical (unpaired) electrons. The number of aliphatic hydroxyl groups excluding tert-OH is 1. The van der Waals surface area contributed by atoms with E-state index in [1.165, 1.54) is 0 Å². The van der Waals surface area contributed by atoms with Gasteiger partial charge in [-0.3, -0.25) is 4.98 Å². The Kier molecular flexibility index (Phi) is 5.42. The van der Waals surface area contributed by atoms with Crippen LogP contribution in [0.2, 0.25) is 0 Å². The predicted octanol–water partition coefficient (Wildman–Crippen LogP) is 3.11. The SMILES string of the molecule is OC1CNCCN1c1nc(-c2ccnc(Nc3ncc(F)cc3F)c2)nc2cncc(C3CC3)c12. The summed E-state index contributed by atoms with van der Waals surface area (Å²) in [6.45, 7) is 1.75. The van der Waals surface area contributed by atoms with Gasteiger partial charge >= 0.3 is 0 Å². The maximum atomic E-state index is 14.1. The van der Waals surface area contributed by atoms with E-state index in [0.29, 0.717) is 47.5 Å². The van der Waals surface area contributed by atoms with Crippen LogP contribution in [0.4, 0.5) is 26.2 Å². The number of rotatable bonds is 5. The smallest absolute Gasteiger partial charge is 0.168 e. The summed E-state index contributed by atoms with van der Waals surface area (Å²) in [5, 5.41) is 17.6. The number of halogens is 2. The van der Waals surface area contributed by atoms with Gasteiger partial charge in [0.05, 0.1) is 17.9 Å². The van der Waals surface area contributed by atoms with Crippen molar-refractivity contribution in [3.8, 4) is 11.4 Å². The highest BCUT2D eigenvalue weighted by molar-refractivity contribution is 5.94. The number of β-amino-alcohol motifs (C(OH)–C–C–N with tert-alkyl or cyclic N) is 1. The molecule has 6 rings (SSSR count). The molecular weight excluding hydrogens is 454 g/mol. The monoisotopic (exact) mass is 476 g/mol. The van der Waals surface area contributed by atoms with Gasteiger partial charge in [0.25, 0.3) is 0 Å². The summed E-state index contributed by atoms with van der Waals surface area (Å²) < 4.78 is 27.3. The number of aliphatic hydroxyl groups is 1. The molecule has 1 unspecified atom stereocenters. The zero-order chi connectivity index (χ0) is 23.9. The summed E-state index contributed by atoms with van der Waals surface area (Å²) in [6.07, 6.45) is 7.53. The van der Waals surface area contributed by atoms with Crippen molar-refractivity contribution in [2.75, 3.05) is 29.9 Å². The number of hydrogen-bond acceptors (Lipinski definition) is 9. The molecule has 4 aromatic heterocycles. The van der Waals surface area contributed by atoms with Crippen molar-refractivity contribution in [1.29, 1.82) is 0 Å². The molecule has 4 aromatic rings. The molecule has 5 heterocycles. The number of nitrogens with zero attached hydrogens (tertiary/aromatic N) is 6. The van der Waals surface area contributed by atoms with Crippen LogP contribution in [-0.2, 0) is 0 Å². The Balaban J connectivity index is 1.44. The lowest BCUT2D eigenvalue weighted by Crippen LogP contribution is -2.51. The van der Waals surface area contributed by atoms with Gasteiger partial charge in [-0.15, -0.1) is 0 Å². The molecule has 35 heavy (non-hydrogen) atoms. The third-order valence-corrected chi connectivity index (χ3v) is 6.19. The van der Waals surface area contributed by atoms with Crippen molar-refractivity contribution in [3.05, 3.63) is 60.2 Å². The van der Waals surface area contributed by atoms with E-state index in [-0.39, 0.29) is 5.82 Å². The lowest BCUT2D eigenvalue weighted by atomic mass is 10.1. The third kappa shape index (κ3) is 4.24. The first kappa shape index (κ1) is 21.7. The fourth-order valence-corrected chi connectivity index (χ4v) is 4.33. The van der Waals surface area contributed by atoms with Crippen LogP contribution in [0.1, 0.15) is 24.3 Å². The van der Waals surface area contributed by atoms with Crippen LogP contribution in [0.15, 0.2) is 43.0 Å². The molecule has 0 bridgehead atoms. The minimum absolute atomic E-state index is 0.140. The number of hydrogen-bond donors (Lipinski definition) is 3. The molecule has 1 saturated heterocycles. The average molecular weight is 476 g/mol. The maximum absolute atomic E-state index is 14.1. The average Bonchev–Trinajstić information content (AvgIpc) is 3.71. The lowest BCUT2D eigenvalue weighted by molar-refractivity contribution is 0.151. The topological polar surface area (TPSA) is 112 Å². The molecule has 1 aliphatic heterocycles. The van der Waals surface area contributed by atoms with Gasteiger partial charge in [0.15, 0.2) is 17.5 Å². The number of piperazine rings is 1. The first-order valence-corrected chi connectivity index (χ1v) is 11.4. The molecule has 9 nitrogen and oxygen atoms in total. The maximum Gasteiger partial charge on any atom is 0.168 e. The quantitative estimate of drug-likeness (QED) is 0.400. The highest BCUT2D eigenvalue weighted by Gasteiger charge is 2.31. The van der Waals surface area contributed by atoms with Gasteiger partial charge in [0, 0.05) is 49.0 Å². The Morgan fingerprint density at radius 2 is 1.97 bits per heavy atom. The summed E-state index contributed by atoms with van der Waals surface area (Å²) in [5.41, 5.74) is 2.43. The molecule has 178 valence electrons. The van der Waals surface area contributed by atoms with Gasteiger partial charge in [-0.1, -0.05) is 0 Å². The van der Waals surface area contributed by atoms with Crippen LogP contribution < -0.4 is 15.5 Å². The van der Waals surface area contributed by atoms with E-state index < -0.39 is 17.9 Å². The standard InChI is InChI=1S/C24H22F2N8O/c25-15-8-17(26)23(30-9-15)32-19-7-14(3-4-29-19)22-31-18-11-28-10-16(13-1-2-13)21(18)24(33-22)34-6-5-27-12-20(34)35/h3-4,7-11,13,20,27,35H,1-2,5-6,12H2,(H,29,30,32). The van der Waals surface area contributed by atoms with E-state index in [1.54, 1.807) is 24.5 Å². The van der Waals surface area contributed by atoms with E-state index in [9.17, 15) is 13.9 Å². The molecule has 1 saturated carbocycles. The van der Waals surface area contributed by atoms with Crippen LogP contribution >= 0.6 is 0 Å². The molecule has 0 spiro atoms. The van der Waals surface area contributed by atoms with Gasteiger partial charge < -0.3 is 20.6 Å². The zero-order valence-corrected chi connectivity index (χ0v) is 18.6. The lowest BCUT2D eigenvalue weighted by Gasteiger charge is -2.34. The Hall–Kier alpha value is -3.83. The second kappa shape index (κ2) is 8.75. The molecule has 2 fully saturated rings. The van der Waals surface area contributed by atoms with Gasteiger partial charge in [0.2, 0.25) is 0 Å². The molecule has 3 N–H and O–H groups in total. The molecule has 0 aromatic carbocycles. The fraction of sp³-hybridized carbons (Fsp3) is 0.292. The molecule has 0 amide bonds. The van der Waals surface area contributed by atoms with Crippen molar-refractivity contribution in [3.63, 3.8) is 0 Å². The van der Waals surface area contributed by atoms with Crippen LogP contribution in [0.5, 0.6) is 0 Å². The number of pyridine rings is 3. The van der Waals surface area contributed by atoms with Crippen molar-refractivity contribution in [2.24, 2.45) is 0 Å². The first-order valence-electron chi connectivity index (χ1n) is 11.4. The Labute approximate surface area is 199 Å². The predicted molar refractivity (Wildman–Crippen MR) is 126 cm³/mol. The Bertz CT molecular complexity index is 1410. The minimum Gasteiger partial charge on any atom is -0.372 e. The third-order valence-electron chi connectivity index (χ3n) is 6.19. The van der Waals surface area contributed by atoms with E-state index in [0.717, 1.165) is 42.6 Å². The Morgan fingerprint density at radius 3 is 2.77 bits per heavy atom. The van der Waals surface area contributed by atoms with Crippen LogP contribution in [0, 0.1) is 11.6 Å². The number of fused-ring (bicyclic) bond motifs is 1. The number of anilines is 3. The van der Waals surface area contributed by atoms with Crippen molar-refractivity contribution in [1.82, 2.24) is 30.2 Å². The normalized spacial score (nSPS) is 18.1. The summed E-state index contributed by atoms with van der Waals surface area (Å²) >= 11 is 0. The second-order valence-electron chi connectivity index (χ2n) is 8.68. The molecule has 2 aliphatic rings. The van der Waals surface area contributed by atoms with E-state index in [1.807, 2.05) is 11.1 Å². The fourth-order valence-electron chi connectivity index (χ4n) is 4.33. The summed E-state index contributed by atoms with van der Waals surface area (Å²) in [4.78, 5) is 24.0. The molecule has 1 aliphatic carbocycles. The summed E-state index contributed by atoms with van der Waals surface area (Å²) in [7, 11) is 0. The van der Waals surface area contributed by atoms with E-state index >= 15 is 0 Å². The van der Waals surface area contributed by atoms with Gasteiger partial charge in [-0.05, 0) is 36.5 Å². The highest BCUT2D eigenvalue weighted by atomic mass is 19.1. The van der Waals surface area contributed by atoms with Crippen LogP contribution in [0.25, 0.3) is 22.3 Å². The Morgan fingerprint density at radius 1 is 1.09 bits per heavy atom. The van der Waals surface area contributed by atoms with E-state index in [2.05, 4.69) is 25.6 Å². The number of nitrogens with one attached hydrogen (secondary N) is 2. The first-order chi connectivity index (χ1) is 17.1. The van der Waals surface area contributed by atoms with Crippen LogP contribution in [0.3, 0.4) is 0 Å². The van der Waals surface area contributed by atoms with E-state index in [4.69, 9.17) is 9.97 Å². The second-order valence-corrected chi connectivity index (χ2v) is 8.68. The highest BCUT2D eigenvalue weighted by Crippen LogP contribution is 2.45. The minimum atomic E-state index is -0.826. The molecule has 11 heteroatoms. The van der Waals surface area contributed by atoms with Crippen molar-refractivity contribution in [2.45, 2.75) is 25.0 Å². The molecule has 1 atom stereocenters. The largest absolute Gasteiger partial charge is 0.372 e. The van der Waals surface area contributed by atoms with Gasteiger partial charge in [-0.2, -0.15) is 0 Å². The van der Waals surface area contributed by atoms with Crippen molar-refractivity contribution >= 4 is 28.4 Å². The number of aromatic nitrogens is 5. The van der Waals surface area contributed by atoms with Gasteiger partial charge in [0.1, 0.15) is 23.7 Å². The van der Waals surface area contributed by atoms with Crippen molar-refractivity contribution < 1.29 is 13.9 Å². The summed E-state index contributed by atoms with van der Waals surface area (Å²) in [6, 6.07) is 4.17. The zero-order valence-electron chi connectivity index (χ0n) is 18.6. The van der Waals surface area contributed by atoms with Crippen LogP contribution in [-0.4, -0.2) is 55.9 Å². The van der Waals surface area contributed by atoms with Gasteiger partial charge in [-0.25, -0.2) is 28.7 Å². The molecular formula is C24H22F2N8O.